The number of carboxylic acid groups (broad SMARTS) is 1. The number of anilines is 3. The molecule has 1 aliphatic rings. The number of benzene rings is 1. The third kappa shape index (κ3) is 4.63. The Labute approximate surface area is 155 Å². The second-order valence-corrected chi connectivity index (χ2v) is 6.69. The number of aromatic nitrogens is 2. The molecule has 1 aromatic carbocycles. The Kier molecular flexibility index (Phi) is 5.03. The van der Waals surface area contributed by atoms with E-state index in [4.69, 9.17) is 5.11 Å². The average molecular weight is 431 g/mol. The fraction of sp³-hybridized carbons (Fsp3) is 0.312. The number of alkyl halides is 3. The predicted molar refractivity (Wildman–Crippen MR) is 92.6 cm³/mol. The maximum Gasteiger partial charge on any atom is 0.416 e. The topological polar surface area (TPSA) is 87.1 Å². The SMILES string of the molecule is O=C(O)CNc1nc(Nc2ccc(C(F)(F)F)cc2Br)cc(C2CC2)n1. The fourth-order valence-corrected chi connectivity index (χ4v) is 2.76. The minimum absolute atomic E-state index is 0.155. The van der Waals surface area contributed by atoms with Gasteiger partial charge in [-0.05, 0) is 47.0 Å². The Morgan fingerprint density at radius 3 is 2.58 bits per heavy atom. The van der Waals surface area contributed by atoms with Crippen molar-refractivity contribution < 1.29 is 23.1 Å². The number of hydrogen-bond donors (Lipinski definition) is 3. The van der Waals surface area contributed by atoms with Crippen LogP contribution in [0.15, 0.2) is 28.7 Å². The zero-order valence-electron chi connectivity index (χ0n) is 13.3. The standard InChI is InChI=1S/C16H14BrF3N4O2/c17-10-5-9(16(18,19)20)3-4-11(10)22-13-6-12(8-1-2-8)23-15(24-13)21-7-14(25)26/h3-6,8H,1-2,7H2,(H,25,26)(H2,21,22,23,24). The monoisotopic (exact) mass is 430 g/mol. The highest BCUT2D eigenvalue weighted by Crippen LogP contribution is 2.40. The molecule has 3 N–H and O–H groups in total. The van der Waals surface area contributed by atoms with E-state index in [9.17, 15) is 18.0 Å². The van der Waals surface area contributed by atoms with Gasteiger partial charge >= 0.3 is 12.1 Å². The van der Waals surface area contributed by atoms with Crippen molar-refractivity contribution in [1.29, 1.82) is 0 Å². The summed E-state index contributed by atoms with van der Waals surface area (Å²) < 4.78 is 38.5. The number of rotatable bonds is 6. The van der Waals surface area contributed by atoms with Crippen molar-refractivity contribution in [2.75, 3.05) is 17.2 Å². The first-order valence-corrected chi connectivity index (χ1v) is 8.50. The van der Waals surface area contributed by atoms with Crippen LogP contribution in [0.5, 0.6) is 0 Å². The van der Waals surface area contributed by atoms with Crippen LogP contribution in [0.4, 0.5) is 30.6 Å². The van der Waals surface area contributed by atoms with Crippen LogP contribution in [-0.2, 0) is 11.0 Å². The average Bonchev–Trinajstić information content (AvgIpc) is 3.38. The summed E-state index contributed by atoms with van der Waals surface area (Å²) >= 11 is 3.13. The maximum absolute atomic E-state index is 12.8. The van der Waals surface area contributed by atoms with E-state index in [0.717, 1.165) is 30.7 Å². The van der Waals surface area contributed by atoms with Gasteiger partial charge in [0.05, 0.1) is 16.9 Å². The quantitative estimate of drug-likeness (QED) is 0.630. The van der Waals surface area contributed by atoms with E-state index in [2.05, 4.69) is 36.5 Å². The molecule has 1 heterocycles. The molecule has 10 heteroatoms. The van der Waals surface area contributed by atoms with Crippen LogP contribution < -0.4 is 10.6 Å². The highest BCUT2D eigenvalue weighted by Gasteiger charge is 2.31. The molecule has 0 unspecified atom stereocenters. The first kappa shape index (κ1) is 18.4. The molecular formula is C16H14BrF3N4O2. The Balaban J connectivity index is 1.85. The number of carboxylic acids is 1. The van der Waals surface area contributed by atoms with Crippen molar-refractivity contribution in [3.63, 3.8) is 0 Å². The molecule has 0 radical (unpaired) electrons. The summed E-state index contributed by atoms with van der Waals surface area (Å²) in [5.41, 5.74) is 0.404. The molecule has 2 aromatic rings. The molecule has 1 saturated carbocycles. The lowest BCUT2D eigenvalue weighted by Crippen LogP contribution is -2.15. The summed E-state index contributed by atoms with van der Waals surface area (Å²) in [5, 5.41) is 14.3. The van der Waals surface area contributed by atoms with E-state index in [-0.39, 0.29) is 17.0 Å². The van der Waals surface area contributed by atoms with Gasteiger partial charge in [-0.2, -0.15) is 18.2 Å². The largest absolute Gasteiger partial charge is 0.480 e. The first-order chi connectivity index (χ1) is 12.2. The minimum atomic E-state index is -4.43. The van der Waals surface area contributed by atoms with Crippen molar-refractivity contribution in [3.05, 3.63) is 40.0 Å². The van der Waals surface area contributed by atoms with Crippen molar-refractivity contribution >= 4 is 39.4 Å². The smallest absolute Gasteiger partial charge is 0.416 e. The zero-order chi connectivity index (χ0) is 18.9. The van der Waals surface area contributed by atoms with E-state index in [1.807, 2.05) is 0 Å². The lowest BCUT2D eigenvalue weighted by atomic mass is 10.2. The molecular weight excluding hydrogens is 417 g/mol. The highest BCUT2D eigenvalue weighted by molar-refractivity contribution is 9.10. The van der Waals surface area contributed by atoms with Crippen LogP contribution in [0.25, 0.3) is 0 Å². The van der Waals surface area contributed by atoms with Crippen molar-refractivity contribution in [3.8, 4) is 0 Å². The molecule has 1 fully saturated rings. The number of halogens is 4. The van der Waals surface area contributed by atoms with Gasteiger partial charge in [0.25, 0.3) is 0 Å². The van der Waals surface area contributed by atoms with Gasteiger partial charge in [-0.25, -0.2) is 4.98 Å². The van der Waals surface area contributed by atoms with Crippen LogP contribution in [0.2, 0.25) is 0 Å². The summed E-state index contributed by atoms with van der Waals surface area (Å²) in [6.45, 7) is -0.336. The van der Waals surface area contributed by atoms with Crippen LogP contribution in [0.3, 0.4) is 0 Å². The fourth-order valence-electron chi connectivity index (χ4n) is 2.28. The molecule has 1 aliphatic carbocycles. The second-order valence-electron chi connectivity index (χ2n) is 5.84. The molecule has 0 bridgehead atoms. The van der Waals surface area contributed by atoms with E-state index in [1.165, 1.54) is 6.07 Å². The molecule has 6 nitrogen and oxygen atoms in total. The van der Waals surface area contributed by atoms with Crippen molar-refractivity contribution in [2.45, 2.75) is 24.9 Å². The van der Waals surface area contributed by atoms with E-state index < -0.39 is 17.7 Å². The van der Waals surface area contributed by atoms with Gasteiger partial charge in [-0.1, -0.05) is 0 Å². The van der Waals surface area contributed by atoms with Gasteiger partial charge in [-0.15, -0.1) is 0 Å². The molecule has 138 valence electrons. The van der Waals surface area contributed by atoms with E-state index in [0.29, 0.717) is 17.4 Å². The Morgan fingerprint density at radius 2 is 2.00 bits per heavy atom. The number of nitrogens with zero attached hydrogens (tertiary/aromatic N) is 2. The van der Waals surface area contributed by atoms with Gasteiger partial charge in [0.1, 0.15) is 12.4 Å². The van der Waals surface area contributed by atoms with E-state index in [1.54, 1.807) is 6.07 Å². The third-order valence-corrected chi connectivity index (χ3v) is 4.35. The predicted octanol–water partition coefficient (Wildman–Crippen LogP) is 4.38. The molecule has 0 aliphatic heterocycles. The molecule has 3 rings (SSSR count). The van der Waals surface area contributed by atoms with Gasteiger partial charge in [0, 0.05) is 16.5 Å². The van der Waals surface area contributed by atoms with Gasteiger partial charge in [0.15, 0.2) is 0 Å². The van der Waals surface area contributed by atoms with Gasteiger partial charge in [-0.3, -0.25) is 4.79 Å². The van der Waals surface area contributed by atoms with Gasteiger partial charge in [0.2, 0.25) is 5.95 Å². The summed E-state index contributed by atoms with van der Waals surface area (Å²) in [6.07, 6.45) is -2.46. The molecule has 0 spiro atoms. The first-order valence-electron chi connectivity index (χ1n) is 7.71. The third-order valence-electron chi connectivity index (χ3n) is 3.70. The lowest BCUT2D eigenvalue weighted by Gasteiger charge is -2.13. The normalized spacial score (nSPS) is 14.2. The molecule has 1 aromatic heterocycles. The second kappa shape index (κ2) is 7.10. The molecule has 0 saturated heterocycles. The summed E-state index contributed by atoms with van der Waals surface area (Å²) in [4.78, 5) is 19.2. The summed E-state index contributed by atoms with van der Waals surface area (Å²) in [5.74, 6) is -0.233. The number of aliphatic carboxylic acids is 1. The number of hydrogen-bond acceptors (Lipinski definition) is 5. The van der Waals surface area contributed by atoms with Crippen LogP contribution in [0, 0.1) is 0 Å². The van der Waals surface area contributed by atoms with E-state index >= 15 is 0 Å². The molecule has 0 amide bonds. The van der Waals surface area contributed by atoms with Crippen LogP contribution in [0.1, 0.15) is 30.0 Å². The lowest BCUT2D eigenvalue weighted by molar-refractivity contribution is -0.137. The molecule has 0 atom stereocenters. The van der Waals surface area contributed by atoms with Gasteiger partial charge < -0.3 is 15.7 Å². The minimum Gasteiger partial charge on any atom is -0.480 e. The maximum atomic E-state index is 12.8. The summed E-state index contributed by atoms with van der Waals surface area (Å²) in [6, 6.07) is 4.97. The Bertz CT molecular complexity index is 841. The number of carbonyl (C=O) groups is 1. The Morgan fingerprint density at radius 1 is 1.27 bits per heavy atom. The van der Waals surface area contributed by atoms with Crippen molar-refractivity contribution in [1.82, 2.24) is 9.97 Å². The molecule has 26 heavy (non-hydrogen) atoms. The van der Waals surface area contributed by atoms with Crippen LogP contribution in [-0.4, -0.2) is 27.6 Å². The number of nitrogens with one attached hydrogen (secondary N) is 2. The Hall–Kier alpha value is -2.36. The van der Waals surface area contributed by atoms with Crippen molar-refractivity contribution in [2.24, 2.45) is 0 Å². The zero-order valence-corrected chi connectivity index (χ0v) is 14.9. The van der Waals surface area contributed by atoms with Crippen LogP contribution >= 0.6 is 15.9 Å². The highest BCUT2D eigenvalue weighted by atomic mass is 79.9. The summed E-state index contributed by atoms with van der Waals surface area (Å²) in [7, 11) is 0.